The molecule has 30 heavy (non-hydrogen) atoms. The Morgan fingerprint density at radius 3 is 2.53 bits per heavy atom. The largest absolute Gasteiger partial charge is 0.481 e. The number of halogens is 2. The highest BCUT2D eigenvalue weighted by molar-refractivity contribution is 7.92. The van der Waals surface area contributed by atoms with Crippen LogP contribution in [-0.4, -0.2) is 30.3 Å². The third-order valence-corrected chi connectivity index (χ3v) is 5.73. The highest BCUT2D eigenvalue weighted by Gasteiger charge is 2.17. The molecule has 0 radical (unpaired) electrons. The average molecular weight is 437 g/mol. The molecule has 0 atom stereocenters. The van der Waals surface area contributed by atoms with Crippen LogP contribution in [0.4, 0.5) is 20.3 Å². The molecular weight excluding hydrogens is 416 g/mol. The summed E-state index contributed by atoms with van der Waals surface area (Å²) in [5.74, 6) is -1.12. The number of aryl methyl sites for hydroxylation is 2. The van der Waals surface area contributed by atoms with Crippen LogP contribution >= 0.6 is 0 Å². The first-order valence-corrected chi connectivity index (χ1v) is 10.5. The predicted molar refractivity (Wildman–Crippen MR) is 108 cm³/mol. The quantitative estimate of drug-likeness (QED) is 0.562. The number of benzene rings is 1. The Kier molecular flexibility index (Phi) is 6.20. The predicted octanol–water partition coefficient (Wildman–Crippen LogP) is 3.08. The lowest BCUT2D eigenvalue weighted by Gasteiger charge is -2.10. The van der Waals surface area contributed by atoms with Gasteiger partial charge in [0.15, 0.2) is 11.6 Å². The number of rotatable bonds is 8. The molecule has 0 unspecified atom stereocenters. The lowest BCUT2D eigenvalue weighted by molar-refractivity contribution is 0.369. The summed E-state index contributed by atoms with van der Waals surface area (Å²) in [6.45, 7) is 2.38. The van der Waals surface area contributed by atoms with Gasteiger partial charge in [0.05, 0.1) is 24.1 Å². The number of nitrogens with one attached hydrogen (secondary N) is 2. The summed E-state index contributed by atoms with van der Waals surface area (Å²) in [6, 6.07) is 5.61. The molecule has 2 N–H and O–H groups in total. The summed E-state index contributed by atoms with van der Waals surface area (Å²) in [5.41, 5.74) is 1.68. The Morgan fingerprint density at radius 2 is 1.93 bits per heavy atom. The summed E-state index contributed by atoms with van der Waals surface area (Å²) in [5, 5.41) is 7.52. The van der Waals surface area contributed by atoms with Gasteiger partial charge >= 0.3 is 0 Å². The summed E-state index contributed by atoms with van der Waals surface area (Å²) in [4.78, 5) is 4.00. The number of anilines is 2. The number of pyridine rings is 1. The van der Waals surface area contributed by atoms with Crippen molar-refractivity contribution in [3.8, 4) is 5.88 Å². The van der Waals surface area contributed by atoms with Gasteiger partial charge in [-0.25, -0.2) is 26.9 Å². The lowest BCUT2D eigenvalue weighted by atomic mass is 10.2. The van der Waals surface area contributed by atoms with Crippen LogP contribution in [-0.2, 0) is 30.0 Å². The minimum atomic E-state index is -4.01. The van der Waals surface area contributed by atoms with E-state index in [1.165, 1.54) is 18.3 Å². The molecular formula is C19H21F2N5O3S. The molecule has 11 heteroatoms. The van der Waals surface area contributed by atoms with Crippen molar-refractivity contribution in [1.29, 1.82) is 0 Å². The van der Waals surface area contributed by atoms with Crippen molar-refractivity contribution in [2.45, 2.75) is 24.8 Å². The van der Waals surface area contributed by atoms with Gasteiger partial charge in [0.2, 0.25) is 5.88 Å². The molecule has 3 aromatic rings. The first kappa shape index (κ1) is 21.5. The fourth-order valence-corrected chi connectivity index (χ4v) is 3.91. The Balaban J connectivity index is 1.72. The van der Waals surface area contributed by atoms with Crippen LogP contribution < -0.4 is 14.8 Å². The molecule has 0 spiro atoms. The van der Waals surface area contributed by atoms with Gasteiger partial charge in [0.1, 0.15) is 10.7 Å². The van der Waals surface area contributed by atoms with Crippen molar-refractivity contribution in [2.75, 3.05) is 17.1 Å². The van der Waals surface area contributed by atoms with E-state index in [4.69, 9.17) is 4.74 Å². The number of methoxy groups -OCH3 is 1. The third kappa shape index (κ3) is 4.51. The molecule has 160 valence electrons. The first-order valence-electron chi connectivity index (χ1n) is 9.01. The van der Waals surface area contributed by atoms with Crippen molar-refractivity contribution in [3.63, 3.8) is 0 Å². The van der Waals surface area contributed by atoms with Gasteiger partial charge in [-0.15, -0.1) is 0 Å². The Labute approximate surface area is 173 Å². The molecule has 0 saturated carbocycles. The van der Waals surface area contributed by atoms with E-state index in [-0.39, 0.29) is 10.6 Å². The van der Waals surface area contributed by atoms with E-state index in [9.17, 15) is 17.2 Å². The van der Waals surface area contributed by atoms with E-state index in [0.29, 0.717) is 18.2 Å². The van der Waals surface area contributed by atoms with Crippen molar-refractivity contribution < 1.29 is 21.9 Å². The summed E-state index contributed by atoms with van der Waals surface area (Å²) < 4.78 is 60.4. The number of hydrogen-bond donors (Lipinski definition) is 2. The van der Waals surface area contributed by atoms with E-state index in [1.54, 1.807) is 18.8 Å². The summed E-state index contributed by atoms with van der Waals surface area (Å²) in [6.07, 6.45) is 1.90. The molecule has 1 aromatic carbocycles. The second-order valence-corrected chi connectivity index (χ2v) is 8.06. The van der Waals surface area contributed by atoms with Gasteiger partial charge in [-0.3, -0.25) is 4.72 Å². The van der Waals surface area contributed by atoms with Gasteiger partial charge in [0.25, 0.3) is 10.0 Å². The van der Waals surface area contributed by atoms with Gasteiger partial charge in [-0.1, -0.05) is 6.92 Å². The fraction of sp³-hybridized carbons (Fsp3) is 0.263. The zero-order valence-electron chi connectivity index (χ0n) is 16.6. The van der Waals surface area contributed by atoms with Crippen LogP contribution in [0.5, 0.6) is 5.88 Å². The van der Waals surface area contributed by atoms with Gasteiger partial charge in [-0.05, 0) is 30.7 Å². The van der Waals surface area contributed by atoms with Crippen molar-refractivity contribution in [1.82, 2.24) is 14.8 Å². The minimum absolute atomic E-state index is 0.0909. The molecule has 0 aliphatic carbocycles. The van der Waals surface area contributed by atoms with E-state index in [1.807, 2.05) is 6.92 Å². The fourth-order valence-electron chi connectivity index (χ4n) is 2.92. The second-order valence-electron chi connectivity index (χ2n) is 6.38. The van der Waals surface area contributed by atoms with E-state index in [0.717, 1.165) is 35.9 Å². The zero-order chi connectivity index (χ0) is 21.9. The van der Waals surface area contributed by atoms with E-state index < -0.39 is 21.7 Å². The molecule has 8 nitrogen and oxygen atoms in total. The number of hydrogen-bond acceptors (Lipinski definition) is 6. The highest BCUT2D eigenvalue weighted by Crippen LogP contribution is 2.23. The van der Waals surface area contributed by atoms with Crippen LogP contribution in [0.3, 0.4) is 0 Å². The number of nitrogens with zero attached hydrogens (tertiary/aromatic N) is 3. The topological polar surface area (TPSA) is 98.1 Å². The van der Waals surface area contributed by atoms with Crippen LogP contribution in [0, 0.1) is 11.6 Å². The van der Waals surface area contributed by atoms with Crippen LogP contribution in [0.2, 0.25) is 0 Å². The normalized spacial score (nSPS) is 11.4. The number of ether oxygens (including phenoxy) is 1. The summed E-state index contributed by atoms with van der Waals surface area (Å²) >= 11 is 0. The average Bonchev–Trinajstić information content (AvgIpc) is 3.03. The SMILES string of the molecule is CCc1nn(C)c(OC)c1CNc1ccc(S(=O)(=O)Nc2ccc(F)c(F)c2)cn1. The molecule has 0 amide bonds. The van der Waals surface area contributed by atoms with E-state index in [2.05, 4.69) is 20.1 Å². The molecule has 3 rings (SSSR count). The van der Waals surface area contributed by atoms with Crippen molar-refractivity contribution in [2.24, 2.45) is 7.05 Å². The monoisotopic (exact) mass is 437 g/mol. The van der Waals surface area contributed by atoms with Gasteiger partial charge < -0.3 is 10.1 Å². The first-order chi connectivity index (χ1) is 14.2. The smallest absolute Gasteiger partial charge is 0.263 e. The number of sulfonamides is 1. The minimum Gasteiger partial charge on any atom is -0.481 e. The molecule has 0 bridgehead atoms. The molecule has 0 aliphatic heterocycles. The Bertz CT molecular complexity index is 1150. The molecule has 0 saturated heterocycles. The van der Waals surface area contributed by atoms with Crippen LogP contribution in [0.1, 0.15) is 18.2 Å². The standard InChI is InChI=1S/C19H21F2N5O3S/c1-4-17-14(19(29-3)26(2)24-17)11-23-18-8-6-13(10-22-18)30(27,28)25-12-5-7-15(20)16(21)9-12/h5-10,25H,4,11H2,1-3H3,(H,22,23). The molecule has 2 aromatic heterocycles. The molecule has 0 fully saturated rings. The maximum atomic E-state index is 13.3. The van der Waals surface area contributed by atoms with E-state index >= 15 is 0 Å². The Hall–Kier alpha value is -3.21. The lowest BCUT2D eigenvalue weighted by Crippen LogP contribution is -2.14. The maximum absolute atomic E-state index is 13.3. The maximum Gasteiger partial charge on any atom is 0.263 e. The van der Waals surface area contributed by atoms with Crippen molar-refractivity contribution in [3.05, 3.63) is 59.4 Å². The highest BCUT2D eigenvalue weighted by atomic mass is 32.2. The second kappa shape index (κ2) is 8.66. The molecule has 2 heterocycles. The van der Waals surface area contributed by atoms with Crippen molar-refractivity contribution >= 4 is 21.5 Å². The summed E-state index contributed by atoms with van der Waals surface area (Å²) in [7, 11) is -0.649. The molecule has 0 aliphatic rings. The van der Waals surface area contributed by atoms with Crippen LogP contribution in [0.25, 0.3) is 0 Å². The van der Waals surface area contributed by atoms with Gasteiger partial charge in [0, 0.05) is 25.9 Å². The van der Waals surface area contributed by atoms with Crippen LogP contribution in [0.15, 0.2) is 41.4 Å². The Morgan fingerprint density at radius 1 is 1.17 bits per heavy atom. The number of aromatic nitrogens is 3. The zero-order valence-corrected chi connectivity index (χ0v) is 17.4. The third-order valence-electron chi connectivity index (χ3n) is 4.36. The van der Waals surface area contributed by atoms with Gasteiger partial charge in [-0.2, -0.15) is 5.10 Å².